The molecule has 0 amide bonds. The molecule has 108 valence electrons. The van der Waals surface area contributed by atoms with Gasteiger partial charge in [0.1, 0.15) is 0 Å². The minimum absolute atomic E-state index is 0.00671. The first kappa shape index (κ1) is 15.1. The van der Waals surface area contributed by atoms with Crippen LogP contribution < -0.4 is 5.73 Å². The van der Waals surface area contributed by atoms with Crippen LogP contribution in [0.4, 0.5) is 0 Å². The van der Waals surface area contributed by atoms with Crippen molar-refractivity contribution < 1.29 is 0 Å². The number of nitrogens with zero attached hydrogens (tertiary/aromatic N) is 2. The molecule has 0 fully saturated rings. The minimum Gasteiger partial charge on any atom is -0.324 e. The summed E-state index contributed by atoms with van der Waals surface area (Å²) in [7, 11) is 1.95. The first-order valence-electron chi connectivity index (χ1n) is 7.05. The fraction of sp³-hybridized carbons (Fsp3) is 0.438. The van der Waals surface area contributed by atoms with Gasteiger partial charge >= 0.3 is 0 Å². The van der Waals surface area contributed by atoms with Gasteiger partial charge in [0.2, 0.25) is 0 Å². The molecule has 0 saturated heterocycles. The zero-order chi connectivity index (χ0) is 14.7. The number of rotatable bonds is 5. The van der Waals surface area contributed by atoms with Crippen LogP contribution in [0.3, 0.4) is 0 Å². The number of aryl methyl sites for hydroxylation is 2. The number of hydrogen-bond donors (Lipinski definition) is 1. The Kier molecular flexibility index (Phi) is 4.84. The van der Waals surface area contributed by atoms with Crippen molar-refractivity contribution in [1.29, 1.82) is 0 Å². The molecule has 4 heteroatoms. The Morgan fingerprint density at radius 2 is 1.95 bits per heavy atom. The quantitative estimate of drug-likeness (QED) is 0.916. The van der Waals surface area contributed by atoms with Crippen molar-refractivity contribution in [1.82, 2.24) is 9.78 Å². The molecule has 0 aliphatic heterocycles. The Labute approximate surface area is 125 Å². The van der Waals surface area contributed by atoms with Crippen molar-refractivity contribution in [3.63, 3.8) is 0 Å². The number of aromatic nitrogens is 2. The van der Waals surface area contributed by atoms with E-state index in [1.54, 1.807) is 0 Å². The summed E-state index contributed by atoms with van der Waals surface area (Å²) in [5.41, 5.74) is 9.55. The molecule has 2 unspecified atom stereocenters. The number of hydrogen-bond acceptors (Lipinski definition) is 2. The standard InChI is InChI=1S/C16H22ClN3/c1-4-13-15(17)14(20(3)19-13)10-11(2)16(18)12-8-6-5-7-9-12/h5-9,11,16H,4,10,18H2,1-3H3. The number of benzene rings is 1. The van der Waals surface area contributed by atoms with E-state index in [0.29, 0.717) is 5.92 Å². The van der Waals surface area contributed by atoms with Crippen molar-refractivity contribution in [3.8, 4) is 0 Å². The molecule has 0 saturated carbocycles. The fourth-order valence-electron chi connectivity index (χ4n) is 2.48. The lowest BCUT2D eigenvalue weighted by molar-refractivity contribution is 0.454. The van der Waals surface area contributed by atoms with Gasteiger partial charge in [-0.05, 0) is 24.3 Å². The lowest BCUT2D eigenvalue weighted by atomic mass is 9.91. The van der Waals surface area contributed by atoms with E-state index in [2.05, 4.69) is 31.1 Å². The molecule has 1 heterocycles. The van der Waals surface area contributed by atoms with Gasteiger partial charge in [0.05, 0.1) is 16.4 Å². The fourth-order valence-corrected chi connectivity index (χ4v) is 2.85. The lowest BCUT2D eigenvalue weighted by Gasteiger charge is -2.20. The van der Waals surface area contributed by atoms with Crippen LogP contribution in [0.5, 0.6) is 0 Å². The summed E-state index contributed by atoms with van der Waals surface area (Å²) in [6.07, 6.45) is 1.68. The molecule has 0 bridgehead atoms. The van der Waals surface area contributed by atoms with E-state index in [9.17, 15) is 0 Å². The Bertz CT molecular complexity index is 563. The van der Waals surface area contributed by atoms with Crippen molar-refractivity contribution in [3.05, 3.63) is 52.3 Å². The SMILES string of the molecule is CCc1nn(C)c(CC(C)C(N)c2ccccc2)c1Cl. The normalized spacial score (nSPS) is 14.2. The van der Waals surface area contributed by atoms with E-state index in [4.69, 9.17) is 17.3 Å². The molecule has 2 N–H and O–H groups in total. The van der Waals surface area contributed by atoms with E-state index < -0.39 is 0 Å². The van der Waals surface area contributed by atoms with E-state index in [0.717, 1.165) is 34.8 Å². The van der Waals surface area contributed by atoms with Crippen molar-refractivity contribution in [2.75, 3.05) is 0 Å². The summed E-state index contributed by atoms with van der Waals surface area (Å²) >= 11 is 6.40. The summed E-state index contributed by atoms with van der Waals surface area (Å²) in [5.74, 6) is 0.301. The minimum atomic E-state index is 0.00671. The molecule has 1 aromatic carbocycles. The highest BCUT2D eigenvalue weighted by atomic mass is 35.5. The molecule has 3 nitrogen and oxygen atoms in total. The maximum Gasteiger partial charge on any atom is 0.0849 e. The molecular weight excluding hydrogens is 270 g/mol. The zero-order valence-electron chi connectivity index (χ0n) is 12.3. The van der Waals surface area contributed by atoms with Crippen molar-refractivity contribution in [2.24, 2.45) is 18.7 Å². The van der Waals surface area contributed by atoms with Gasteiger partial charge in [-0.15, -0.1) is 0 Å². The Balaban J connectivity index is 2.16. The molecule has 2 atom stereocenters. The summed E-state index contributed by atoms with van der Waals surface area (Å²) in [4.78, 5) is 0. The molecule has 20 heavy (non-hydrogen) atoms. The maximum absolute atomic E-state index is 6.40. The predicted octanol–water partition coefficient (Wildman–Crippen LogP) is 3.51. The number of nitrogens with two attached hydrogens (primary N) is 1. The average Bonchev–Trinajstić information content (AvgIpc) is 2.74. The van der Waals surface area contributed by atoms with Crippen LogP contribution in [0.15, 0.2) is 30.3 Å². The third-order valence-corrected chi connectivity index (χ3v) is 4.25. The van der Waals surface area contributed by atoms with E-state index in [-0.39, 0.29) is 6.04 Å². The smallest absolute Gasteiger partial charge is 0.0849 e. The second-order valence-electron chi connectivity index (χ2n) is 5.30. The van der Waals surface area contributed by atoms with Gasteiger partial charge in [-0.1, -0.05) is 55.8 Å². The highest BCUT2D eigenvalue weighted by Gasteiger charge is 2.20. The second-order valence-corrected chi connectivity index (χ2v) is 5.68. The molecule has 2 rings (SSSR count). The van der Waals surface area contributed by atoms with Crippen LogP contribution in [-0.2, 0) is 19.9 Å². The topological polar surface area (TPSA) is 43.8 Å². The van der Waals surface area contributed by atoms with Crippen LogP contribution in [0, 0.1) is 5.92 Å². The van der Waals surface area contributed by atoms with Crippen LogP contribution >= 0.6 is 11.6 Å². The summed E-state index contributed by atoms with van der Waals surface area (Å²) < 4.78 is 1.88. The highest BCUT2D eigenvalue weighted by Crippen LogP contribution is 2.27. The molecular formula is C16H22ClN3. The zero-order valence-corrected chi connectivity index (χ0v) is 13.1. The highest BCUT2D eigenvalue weighted by molar-refractivity contribution is 6.31. The monoisotopic (exact) mass is 291 g/mol. The van der Waals surface area contributed by atoms with Crippen molar-refractivity contribution in [2.45, 2.75) is 32.7 Å². The van der Waals surface area contributed by atoms with Crippen LogP contribution in [0.2, 0.25) is 5.02 Å². The van der Waals surface area contributed by atoms with Crippen molar-refractivity contribution >= 4 is 11.6 Å². The largest absolute Gasteiger partial charge is 0.324 e. The van der Waals surface area contributed by atoms with Gasteiger partial charge in [-0.25, -0.2) is 0 Å². The maximum atomic E-state index is 6.40. The van der Waals surface area contributed by atoms with Gasteiger partial charge in [0.15, 0.2) is 0 Å². The molecule has 2 aromatic rings. The van der Waals surface area contributed by atoms with Gasteiger partial charge in [0.25, 0.3) is 0 Å². The molecule has 0 aliphatic rings. The average molecular weight is 292 g/mol. The summed E-state index contributed by atoms with van der Waals surface area (Å²) in [6.45, 7) is 4.23. The molecule has 0 aliphatic carbocycles. The molecule has 0 radical (unpaired) electrons. The Morgan fingerprint density at radius 1 is 1.30 bits per heavy atom. The Morgan fingerprint density at radius 3 is 2.50 bits per heavy atom. The van der Waals surface area contributed by atoms with E-state index in [1.807, 2.05) is 29.9 Å². The van der Waals surface area contributed by atoms with E-state index >= 15 is 0 Å². The first-order valence-corrected chi connectivity index (χ1v) is 7.43. The lowest BCUT2D eigenvalue weighted by Crippen LogP contribution is -2.21. The van der Waals surface area contributed by atoms with Crippen LogP contribution in [0.25, 0.3) is 0 Å². The number of halogens is 1. The first-order chi connectivity index (χ1) is 9.54. The molecule has 1 aromatic heterocycles. The second kappa shape index (κ2) is 6.42. The van der Waals surface area contributed by atoms with Gasteiger partial charge in [-0.3, -0.25) is 4.68 Å². The van der Waals surface area contributed by atoms with Crippen LogP contribution in [0.1, 0.15) is 36.8 Å². The van der Waals surface area contributed by atoms with Crippen LogP contribution in [-0.4, -0.2) is 9.78 Å². The Hall–Kier alpha value is -1.32. The van der Waals surface area contributed by atoms with Gasteiger partial charge in [-0.2, -0.15) is 5.10 Å². The van der Waals surface area contributed by atoms with E-state index in [1.165, 1.54) is 0 Å². The predicted molar refractivity (Wildman–Crippen MR) is 83.8 cm³/mol. The summed E-state index contributed by atoms with van der Waals surface area (Å²) in [6, 6.07) is 10.2. The third kappa shape index (κ3) is 3.05. The molecule has 0 spiro atoms. The third-order valence-electron chi connectivity index (χ3n) is 3.82. The van der Waals surface area contributed by atoms with Gasteiger partial charge in [0, 0.05) is 13.1 Å². The van der Waals surface area contributed by atoms with Gasteiger partial charge < -0.3 is 5.73 Å². The summed E-state index contributed by atoms with van der Waals surface area (Å²) in [5, 5.41) is 5.25.